The highest BCUT2D eigenvalue weighted by Crippen LogP contribution is 2.30. The number of benzene rings is 4. The highest BCUT2D eigenvalue weighted by Gasteiger charge is 2.12. The molecule has 0 aliphatic heterocycles. The number of aromatic nitrogens is 4. The lowest BCUT2D eigenvalue weighted by atomic mass is 10.2. The van der Waals surface area contributed by atoms with E-state index in [1.54, 1.807) is 75.7 Å². The van der Waals surface area contributed by atoms with E-state index in [0.717, 1.165) is 16.7 Å². The largest absolute Gasteiger partial charge is 0.457 e. The van der Waals surface area contributed by atoms with Crippen LogP contribution in [-0.4, -0.2) is 57.6 Å². The van der Waals surface area contributed by atoms with Crippen molar-refractivity contribution in [2.75, 3.05) is 37.5 Å². The van der Waals surface area contributed by atoms with Gasteiger partial charge in [0.05, 0.1) is 42.2 Å². The second kappa shape index (κ2) is 21.5. The number of ether oxygens (including phenoxy) is 2. The van der Waals surface area contributed by atoms with Gasteiger partial charge in [-0.15, -0.1) is 0 Å². The molecule has 0 fully saturated rings. The summed E-state index contributed by atoms with van der Waals surface area (Å²) in [6, 6.07) is 26.4. The molecule has 2 amide bonds. The van der Waals surface area contributed by atoms with E-state index in [1.807, 2.05) is 29.8 Å². The summed E-state index contributed by atoms with van der Waals surface area (Å²) in [7, 11) is 6.78. The average molecular weight is 975 g/mol. The number of isothiocyanates is 1. The Bertz CT molecular complexity index is 2750. The monoisotopic (exact) mass is 972 g/mol. The molecule has 0 radical (unpaired) electrons. The molecule has 7 aromatic rings. The Hall–Kier alpha value is -6.79. The molecule has 7 rings (SSSR count). The van der Waals surface area contributed by atoms with E-state index in [1.165, 1.54) is 36.7 Å². The number of anilines is 4. The van der Waals surface area contributed by atoms with Crippen molar-refractivity contribution in [3.8, 4) is 23.0 Å². The molecule has 0 unspecified atom stereocenters. The number of amides is 2. The summed E-state index contributed by atoms with van der Waals surface area (Å²) in [5.74, 6) is 1.59. The standard InChI is InChI=1S/C21H17BrFN5O2.C14H16N4O2.C7H3BrFNS/c1-24-20(29)18-11-14(7-8-25-18)30-13-4-6-19-17(10-13)27-21(28(19)2)26-12-3-5-16(23)15(22)9-12;1-16-12-4-3-9(7-11(12)15)20-10-5-6-18-13(8-10)14(19)17-2;8-6-3-5(10-4-11)1-2-7(6)9/h3-11H,1-2H3,(H,24,29)(H,26,27);3-8,16H,15H2,1-2H3,(H,17,19);1-3H. The van der Waals surface area contributed by atoms with Gasteiger partial charge in [0, 0.05) is 70.5 Å². The maximum absolute atomic E-state index is 13.5. The van der Waals surface area contributed by atoms with Crippen LogP contribution >= 0.6 is 44.1 Å². The number of pyridine rings is 2. The summed E-state index contributed by atoms with van der Waals surface area (Å²) in [5.41, 5.74) is 10.8. The molecule has 0 atom stereocenters. The Labute approximate surface area is 370 Å². The first-order chi connectivity index (χ1) is 29.3. The zero-order valence-electron chi connectivity index (χ0n) is 32.8. The van der Waals surface area contributed by atoms with Crippen molar-refractivity contribution < 1.29 is 27.8 Å². The third-order valence-electron chi connectivity index (χ3n) is 8.25. The summed E-state index contributed by atoms with van der Waals surface area (Å²) in [6.07, 6.45) is 3.04. The first kappa shape index (κ1) is 45.3. The fraction of sp³-hybridized carbons (Fsp3) is 0.0952. The van der Waals surface area contributed by atoms with Crippen LogP contribution in [0.15, 0.2) is 123 Å². The van der Waals surface area contributed by atoms with Gasteiger partial charge in [0.15, 0.2) is 0 Å². The number of carbonyl (C=O) groups is 2. The van der Waals surface area contributed by atoms with Gasteiger partial charge in [-0.1, -0.05) is 0 Å². The molecule has 6 N–H and O–H groups in total. The van der Waals surface area contributed by atoms with Crippen molar-refractivity contribution in [2.45, 2.75) is 0 Å². The van der Waals surface area contributed by atoms with E-state index < -0.39 is 0 Å². The first-order valence-corrected chi connectivity index (χ1v) is 19.8. The number of aryl methyl sites for hydroxylation is 1. The number of thiocarbonyl (C=S) groups is 1. The van der Waals surface area contributed by atoms with Gasteiger partial charge in [-0.2, -0.15) is 4.99 Å². The third kappa shape index (κ3) is 12.4. The van der Waals surface area contributed by atoms with Crippen LogP contribution in [-0.2, 0) is 7.05 Å². The lowest BCUT2D eigenvalue weighted by Gasteiger charge is -2.10. The smallest absolute Gasteiger partial charge is 0.269 e. The number of hydrogen-bond donors (Lipinski definition) is 5. The van der Waals surface area contributed by atoms with Gasteiger partial charge in [0.25, 0.3) is 11.8 Å². The molecule has 0 saturated carbocycles. The molecular weight excluding hydrogens is 938 g/mol. The molecule has 0 bridgehead atoms. The van der Waals surface area contributed by atoms with Gasteiger partial charge >= 0.3 is 0 Å². The molecule has 14 nitrogen and oxygen atoms in total. The van der Waals surface area contributed by atoms with Crippen LogP contribution < -0.4 is 36.5 Å². The second-order valence-electron chi connectivity index (χ2n) is 12.3. The van der Waals surface area contributed by atoms with Crippen molar-refractivity contribution in [2.24, 2.45) is 12.0 Å². The lowest BCUT2D eigenvalue weighted by Crippen LogP contribution is -2.18. The van der Waals surface area contributed by atoms with E-state index in [9.17, 15) is 18.4 Å². The van der Waals surface area contributed by atoms with Gasteiger partial charge in [-0.25, -0.2) is 13.8 Å². The maximum Gasteiger partial charge on any atom is 0.269 e. The van der Waals surface area contributed by atoms with E-state index >= 15 is 0 Å². The lowest BCUT2D eigenvalue weighted by molar-refractivity contribution is 0.0950. The minimum Gasteiger partial charge on any atom is -0.457 e. The molecule has 19 heteroatoms. The first-order valence-electron chi connectivity index (χ1n) is 17.8. The Morgan fingerprint density at radius 3 is 1.85 bits per heavy atom. The molecule has 0 aliphatic carbocycles. The number of carbonyl (C=O) groups excluding carboxylic acids is 2. The fourth-order valence-corrected chi connectivity index (χ4v) is 6.07. The van der Waals surface area contributed by atoms with Gasteiger partial charge in [-0.05, 0) is 117 Å². The maximum atomic E-state index is 13.5. The number of nitrogens with two attached hydrogens (primary N) is 1. The van der Waals surface area contributed by atoms with Crippen LogP contribution in [0.4, 0.5) is 37.5 Å². The van der Waals surface area contributed by atoms with Crippen molar-refractivity contribution >= 4 is 101 Å². The van der Waals surface area contributed by atoms with Crippen molar-refractivity contribution in [1.82, 2.24) is 30.2 Å². The van der Waals surface area contributed by atoms with Crippen molar-refractivity contribution in [3.63, 3.8) is 0 Å². The van der Waals surface area contributed by atoms with E-state index in [4.69, 9.17) is 15.2 Å². The van der Waals surface area contributed by atoms with Crippen LogP contribution in [0, 0.1) is 11.6 Å². The number of halogens is 4. The van der Waals surface area contributed by atoms with E-state index in [2.05, 4.69) is 90.5 Å². The number of fused-ring (bicyclic) bond motifs is 1. The Kier molecular flexibility index (Phi) is 15.9. The topological polar surface area (TPSA) is 183 Å². The number of aliphatic imine (C=N–C) groups is 1. The minimum absolute atomic E-state index is 0.263. The van der Waals surface area contributed by atoms with Crippen LogP contribution in [0.1, 0.15) is 21.0 Å². The fourth-order valence-electron chi connectivity index (χ4n) is 5.22. The normalized spacial score (nSPS) is 10.2. The summed E-state index contributed by atoms with van der Waals surface area (Å²) in [5, 5.41) is 13.4. The van der Waals surface area contributed by atoms with Crippen molar-refractivity contribution in [1.29, 1.82) is 0 Å². The van der Waals surface area contributed by atoms with Gasteiger partial charge in [0.1, 0.15) is 46.0 Å². The Balaban J connectivity index is 0.000000195. The van der Waals surface area contributed by atoms with Crippen LogP contribution in [0.25, 0.3) is 11.0 Å². The number of nitrogens with zero attached hydrogens (tertiary/aromatic N) is 5. The van der Waals surface area contributed by atoms with E-state index in [0.29, 0.717) is 60.6 Å². The quantitative estimate of drug-likeness (QED) is 0.0500. The predicted octanol–water partition coefficient (Wildman–Crippen LogP) is 9.95. The average Bonchev–Trinajstić information content (AvgIpc) is 3.56. The van der Waals surface area contributed by atoms with Gasteiger partial charge in [-0.3, -0.25) is 19.6 Å². The molecule has 61 heavy (non-hydrogen) atoms. The van der Waals surface area contributed by atoms with Crippen LogP contribution in [0.3, 0.4) is 0 Å². The molecule has 0 saturated heterocycles. The number of rotatable bonds is 10. The number of nitrogens with one attached hydrogen (secondary N) is 4. The summed E-state index contributed by atoms with van der Waals surface area (Å²) in [6.45, 7) is 0. The highest BCUT2D eigenvalue weighted by atomic mass is 79.9. The van der Waals surface area contributed by atoms with Crippen LogP contribution in [0.2, 0.25) is 0 Å². The molecule has 0 aliphatic rings. The van der Waals surface area contributed by atoms with E-state index in [-0.39, 0.29) is 29.1 Å². The second-order valence-corrected chi connectivity index (χ2v) is 14.2. The minimum atomic E-state index is -0.331. The Morgan fingerprint density at radius 1 is 0.754 bits per heavy atom. The molecule has 4 aromatic carbocycles. The zero-order chi connectivity index (χ0) is 44.1. The van der Waals surface area contributed by atoms with Crippen LogP contribution in [0.5, 0.6) is 23.0 Å². The predicted molar refractivity (Wildman–Crippen MR) is 243 cm³/mol. The zero-order valence-corrected chi connectivity index (χ0v) is 36.7. The molecule has 312 valence electrons. The Morgan fingerprint density at radius 2 is 1.31 bits per heavy atom. The summed E-state index contributed by atoms with van der Waals surface area (Å²) >= 11 is 10.6. The number of hydrogen-bond acceptors (Lipinski definition) is 12. The summed E-state index contributed by atoms with van der Waals surface area (Å²) in [4.78, 5) is 39.5. The molecular formula is C42H36Br2F2N10O4S. The third-order valence-corrected chi connectivity index (χ3v) is 9.56. The molecule has 3 heterocycles. The number of imidazole rings is 1. The van der Waals surface area contributed by atoms with Gasteiger partial charge < -0.3 is 41.0 Å². The SMILES string of the molecule is CNC(=O)c1cc(Oc2ccc(NC)c(N)c2)ccn1.CNC(=O)c1cc(Oc2ccc3c(c2)nc(Nc2ccc(F)c(Br)c2)n3C)ccn1.Fc1ccc(N=C=S)cc1Br. The van der Waals surface area contributed by atoms with Crippen molar-refractivity contribution in [3.05, 3.63) is 141 Å². The highest BCUT2D eigenvalue weighted by molar-refractivity contribution is 9.10. The summed E-state index contributed by atoms with van der Waals surface area (Å²) < 4.78 is 40.3. The molecule has 0 spiro atoms. The molecule has 3 aromatic heterocycles. The number of nitrogen functional groups attached to an aromatic ring is 1. The van der Waals surface area contributed by atoms with Gasteiger partial charge in [0.2, 0.25) is 5.95 Å².